The van der Waals surface area contributed by atoms with E-state index in [-0.39, 0.29) is 18.3 Å². The van der Waals surface area contributed by atoms with Gasteiger partial charge in [0, 0.05) is 6.61 Å². The number of nitrogens with one attached hydrogen (secondary N) is 2. The predicted molar refractivity (Wildman–Crippen MR) is 39.0 cm³/mol. The average molecular weight is 156 g/mol. The van der Waals surface area contributed by atoms with Crippen LogP contribution in [0.1, 0.15) is 19.3 Å². The molecular formula is C7H12N2O2. The molecule has 4 nitrogen and oxygen atoms in total. The van der Waals surface area contributed by atoms with Gasteiger partial charge in [-0.15, -0.1) is 0 Å². The van der Waals surface area contributed by atoms with Crippen LogP contribution in [0, 0.1) is 0 Å². The average Bonchev–Trinajstić information content (AvgIpc) is 2.17. The first-order valence-electron chi connectivity index (χ1n) is 4.05. The number of carbonyl (C=O) groups excluding carboxylic acids is 1. The molecule has 2 unspecified atom stereocenters. The van der Waals surface area contributed by atoms with Crippen molar-refractivity contribution in [3.63, 3.8) is 0 Å². The molecule has 0 bridgehead atoms. The molecule has 2 fully saturated rings. The second-order valence-corrected chi connectivity index (χ2v) is 3.01. The van der Waals surface area contributed by atoms with Crippen LogP contribution < -0.4 is 10.6 Å². The van der Waals surface area contributed by atoms with Crippen LogP contribution in [0.4, 0.5) is 4.79 Å². The monoisotopic (exact) mass is 156 g/mol. The first kappa shape index (κ1) is 6.91. The lowest BCUT2D eigenvalue weighted by molar-refractivity contribution is 0.0438. The first-order chi connectivity index (χ1) is 5.36. The molecule has 0 aromatic rings. The third kappa shape index (κ3) is 1.30. The van der Waals surface area contributed by atoms with Crippen molar-refractivity contribution in [3.8, 4) is 0 Å². The van der Waals surface area contributed by atoms with Crippen LogP contribution in [0.25, 0.3) is 0 Å². The SMILES string of the molecule is O=C1NC2CCCCOC2N1. The van der Waals surface area contributed by atoms with Crippen LogP contribution in [-0.4, -0.2) is 24.9 Å². The lowest BCUT2D eigenvalue weighted by Crippen LogP contribution is -2.34. The van der Waals surface area contributed by atoms with E-state index in [1.807, 2.05) is 0 Å². The van der Waals surface area contributed by atoms with Gasteiger partial charge in [-0.25, -0.2) is 4.79 Å². The van der Waals surface area contributed by atoms with Gasteiger partial charge >= 0.3 is 6.03 Å². The van der Waals surface area contributed by atoms with Crippen LogP contribution in [0.15, 0.2) is 0 Å². The Hall–Kier alpha value is -0.770. The minimum Gasteiger partial charge on any atom is -0.356 e. The maximum absolute atomic E-state index is 10.8. The lowest BCUT2D eigenvalue weighted by Gasteiger charge is -2.13. The second kappa shape index (κ2) is 2.70. The highest BCUT2D eigenvalue weighted by atomic mass is 16.5. The molecule has 2 saturated heterocycles. The summed E-state index contributed by atoms with van der Waals surface area (Å²) in [5, 5.41) is 5.54. The van der Waals surface area contributed by atoms with Gasteiger partial charge in [-0.1, -0.05) is 0 Å². The normalized spacial score (nSPS) is 36.9. The summed E-state index contributed by atoms with van der Waals surface area (Å²) < 4.78 is 5.40. The number of rotatable bonds is 0. The Morgan fingerprint density at radius 1 is 1.36 bits per heavy atom. The van der Waals surface area contributed by atoms with Crippen molar-refractivity contribution in [3.05, 3.63) is 0 Å². The van der Waals surface area contributed by atoms with Crippen LogP contribution in [0.3, 0.4) is 0 Å². The Morgan fingerprint density at radius 2 is 2.27 bits per heavy atom. The molecule has 0 aliphatic carbocycles. The summed E-state index contributed by atoms with van der Waals surface area (Å²) in [5.41, 5.74) is 0. The number of fused-ring (bicyclic) bond motifs is 1. The number of amides is 2. The van der Waals surface area contributed by atoms with Crippen molar-refractivity contribution in [2.24, 2.45) is 0 Å². The van der Waals surface area contributed by atoms with Crippen molar-refractivity contribution in [2.75, 3.05) is 6.61 Å². The number of ether oxygens (including phenoxy) is 1. The highest BCUT2D eigenvalue weighted by Gasteiger charge is 2.32. The molecule has 2 rings (SSSR count). The highest BCUT2D eigenvalue weighted by molar-refractivity contribution is 5.76. The summed E-state index contributed by atoms with van der Waals surface area (Å²) in [6, 6.07) is 0.104. The molecule has 11 heavy (non-hydrogen) atoms. The quantitative estimate of drug-likeness (QED) is 0.526. The zero-order valence-corrected chi connectivity index (χ0v) is 6.30. The fraction of sp³-hybridized carbons (Fsp3) is 0.857. The smallest absolute Gasteiger partial charge is 0.317 e. The summed E-state index contributed by atoms with van der Waals surface area (Å²) in [6.45, 7) is 0.767. The lowest BCUT2D eigenvalue weighted by atomic mass is 10.1. The summed E-state index contributed by atoms with van der Waals surface area (Å²) in [4.78, 5) is 10.8. The van der Waals surface area contributed by atoms with Crippen molar-refractivity contribution in [1.29, 1.82) is 0 Å². The van der Waals surface area contributed by atoms with Gasteiger partial charge in [0.25, 0.3) is 0 Å². The van der Waals surface area contributed by atoms with Crippen LogP contribution >= 0.6 is 0 Å². The molecule has 4 heteroatoms. The van der Waals surface area contributed by atoms with E-state index in [1.54, 1.807) is 0 Å². The topological polar surface area (TPSA) is 50.4 Å². The van der Waals surface area contributed by atoms with E-state index in [0.29, 0.717) is 0 Å². The molecule has 2 heterocycles. The molecular weight excluding hydrogens is 144 g/mol. The molecule has 0 radical (unpaired) electrons. The molecule has 2 aliphatic heterocycles. The fourth-order valence-electron chi connectivity index (χ4n) is 1.57. The van der Waals surface area contributed by atoms with E-state index in [4.69, 9.17) is 4.74 Å². The molecule has 62 valence electrons. The largest absolute Gasteiger partial charge is 0.356 e. The van der Waals surface area contributed by atoms with E-state index in [0.717, 1.165) is 25.9 Å². The molecule has 0 spiro atoms. The molecule has 2 N–H and O–H groups in total. The van der Waals surface area contributed by atoms with Gasteiger partial charge < -0.3 is 15.4 Å². The number of urea groups is 1. The summed E-state index contributed by atoms with van der Waals surface area (Å²) in [7, 11) is 0. The Kier molecular flexibility index (Phi) is 1.69. The Morgan fingerprint density at radius 3 is 3.18 bits per heavy atom. The molecule has 0 aromatic heterocycles. The maximum atomic E-state index is 10.8. The third-order valence-corrected chi connectivity index (χ3v) is 2.16. The Labute approximate surface area is 65.3 Å². The van der Waals surface area contributed by atoms with Crippen LogP contribution in [0.5, 0.6) is 0 Å². The number of carbonyl (C=O) groups is 1. The molecule has 2 aliphatic rings. The molecule has 2 atom stereocenters. The number of hydrogen-bond acceptors (Lipinski definition) is 2. The van der Waals surface area contributed by atoms with Gasteiger partial charge in [0.15, 0.2) is 6.23 Å². The third-order valence-electron chi connectivity index (χ3n) is 2.16. The fourth-order valence-corrected chi connectivity index (χ4v) is 1.57. The van der Waals surface area contributed by atoms with E-state index in [2.05, 4.69) is 10.6 Å². The van der Waals surface area contributed by atoms with Gasteiger partial charge in [0.1, 0.15) is 0 Å². The maximum Gasteiger partial charge on any atom is 0.317 e. The first-order valence-corrected chi connectivity index (χ1v) is 4.05. The van der Waals surface area contributed by atoms with Crippen LogP contribution in [0.2, 0.25) is 0 Å². The van der Waals surface area contributed by atoms with Gasteiger partial charge in [0.2, 0.25) is 0 Å². The van der Waals surface area contributed by atoms with Crippen molar-refractivity contribution in [2.45, 2.75) is 31.5 Å². The number of hydrogen-bond donors (Lipinski definition) is 2. The van der Waals surface area contributed by atoms with E-state index in [9.17, 15) is 4.79 Å². The summed E-state index contributed by atoms with van der Waals surface area (Å²) >= 11 is 0. The summed E-state index contributed by atoms with van der Waals surface area (Å²) in [6.07, 6.45) is 3.20. The van der Waals surface area contributed by atoms with Crippen molar-refractivity contribution < 1.29 is 9.53 Å². The van der Waals surface area contributed by atoms with Crippen molar-refractivity contribution in [1.82, 2.24) is 10.6 Å². The standard InChI is InChI=1S/C7H12N2O2/c10-7-8-5-3-1-2-4-11-6(5)9-7/h5-6H,1-4H2,(H2,8,9,10). The predicted octanol–water partition coefficient (Wildman–Crippen LogP) is 0.194. The molecule has 0 aromatic carbocycles. The van der Waals surface area contributed by atoms with Gasteiger partial charge in [-0.2, -0.15) is 0 Å². The Bertz CT molecular complexity index is 156. The van der Waals surface area contributed by atoms with E-state index < -0.39 is 0 Å². The van der Waals surface area contributed by atoms with E-state index in [1.165, 1.54) is 0 Å². The molecule has 2 amide bonds. The van der Waals surface area contributed by atoms with Crippen molar-refractivity contribution >= 4 is 6.03 Å². The summed E-state index contributed by atoms with van der Waals surface area (Å²) in [5.74, 6) is 0. The second-order valence-electron chi connectivity index (χ2n) is 3.01. The molecule has 0 saturated carbocycles. The van der Waals surface area contributed by atoms with Gasteiger partial charge in [-0.3, -0.25) is 0 Å². The highest BCUT2D eigenvalue weighted by Crippen LogP contribution is 2.15. The van der Waals surface area contributed by atoms with Gasteiger partial charge in [0.05, 0.1) is 6.04 Å². The van der Waals surface area contributed by atoms with E-state index >= 15 is 0 Å². The minimum atomic E-state index is -0.0955. The minimum absolute atomic E-state index is 0.0787. The Balaban J connectivity index is 2.01. The zero-order valence-electron chi connectivity index (χ0n) is 6.30. The van der Waals surface area contributed by atoms with Crippen LogP contribution in [-0.2, 0) is 4.74 Å². The van der Waals surface area contributed by atoms with Gasteiger partial charge in [-0.05, 0) is 19.3 Å². The zero-order chi connectivity index (χ0) is 7.68.